The zero-order valence-electron chi connectivity index (χ0n) is 21.6. The molecule has 6 aromatic rings. The van der Waals surface area contributed by atoms with Crippen LogP contribution in [0.15, 0.2) is 152 Å². The molecule has 0 amide bonds. The van der Waals surface area contributed by atoms with Crippen molar-refractivity contribution < 1.29 is 22.4 Å². The Morgan fingerprint density at radius 3 is 1.38 bits per heavy atom. The second kappa shape index (κ2) is 14.4. The summed E-state index contributed by atoms with van der Waals surface area (Å²) in [6, 6.07) is 49.4. The van der Waals surface area contributed by atoms with Crippen LogP contribution >= 0.6 is 0 Å². The molecule has 1 radical (unpaired) electrons. The van der Waals surface area contributed by atoms with E-state index < -0.39 is 0 Å². The van der Waals surface area contributed by atoms with Gasteiger partial charge in [-0.3, -0.25) is 15.9 Å². The van der Waals surface area contributed by atoms with Crippen LogP contribution in [0, 0.1) is 18.4 Å². The first kappa shape index (κ1) is 28.3. The molecule has 197 valence electrons. The third kappa shape index (κ3) is 7.23. The number of hydrogen-bond donors (Lipinski definition) is 0. The fourth-order valence-corrected chi connectivity index (χ4v) is 4.11. The Morgan fingerprint density at radius 1 is 0.500 bits per heavy atom. The van der Waals surface area contributed by atoms with Gasteiger partial charge >= 0.3 is 0 Å². The van der Waals surface area contributed by atoms with Crippen molar-refractivity contribution in [3.05, 3.63) is 170 Å². The minimum Gasteiger partial charge on any atom is -0.366 e. The summed E-state index contributed by atoms with van der Waals surface area (Å²) in [6.45, 7) is 0. The number of aromatic nitrogens is 2. The number of nitrogens with zero attached hydrogens (tertiary/aromatic N) is 3. The van der Waals surface area contributed by atoms with Crippen molar-refractivity contribution in [3.8, 4) is 28.4 Å². The van der Waals surface area contributed by atoms with Gasteiger partial charge in [-0.1, -0.05) is 83.9 Å². The molecule has 3 nitrogen and oxygen atoms in total. The normalized spacial score (nSPS) is 9.78. The minimum absolute atomic E-state index is 0. The molecule has 2 heterocycles. The third-order valence-corrected chi connectivity index (χ3v) is 5.98. The van der Waals surface area contributed by atoms with E-state index in [1.807, 2.05) is 115 Å². The van der Waals surface area contributed by atoms with Crippen molar-refractivity contribution in [2.24, 2.45) is 0 Å². The maximum absolute atomic E-state index is 7.19. The molecule has 4 aromatic carbocycles. The Balaban J connectivity index is 0.000000182. The van der Waals surface area contributed by atoms with Crippen LogP contribution in [0.1, 0.15) is 5.56 Å². The average Bonchev–Trinajstić information content (AvgIpc) is 3.04. The molecule has 0 fully saturated rings. The molecule has 2 aromatic heterocycles. The summed E-state index contributed by atoms with van der Waals surface area (Å²) in [7, 11) is 0. The Kier molecular flexibility index (Phi) is 10.2. The molecule has 4 heteroatoms. The van der Waals surface area contributed by atoms with Crippen LogP contribution in [-0.2, 0) is 22.4 Å². The van der Waals surface area contributed by atoms with E-state index in [4.69, 9.17) is 6.42 Å². The second-order valence-corrected chi connectivity index (χ2v) is 8.59. The molecule has 0 aliphatic rings. The molecule has 0 aliphatic carbocycles. The van der Waals surface area contributed by atoms with E-state index in [-0.39, 0.29) is 22.4 Å². The predicted molar refractivity (Wildman–Crippen MR) is 159 cm³/mol. The van der Waals surface area contributed by atoms with Gasteiger partial charge in [0.2, 0.25) is 0 Å². The molecular weight excluding hydrogens is 671 g/mol. The van der Waals surface area contributed by atoms with Gasteiger partial charge in [0.1, 0.15) is 0 Å². The minimum atomic E-state index is 0. The number of benzene rings is 4. The zero-order valence-corrected chi connectivity index (χ0v) is 23.7. The summed E-state index contributed by atoms with van der Waals surface area (Å²) in [6.07, 6.45) is 10.8. The Bertz CT molecular complexity index is 1540. The van der Waals surface area contributed by atoms with Gasteiger partial charge in [0.25, 0.3) is 0 Å². The quantitative estimate of drug-likeness (QED) is 0.103. The molecule has 0 bridgehead atoms. The number of pyridine rings is 2. The fourth-order valence-electron chi connectivity index (χ4n) is 4.11. The van der Waals surface area contributed by atoms with E-state index in [1.165, 1.54) is 0 Å². The molecular formula is C36H25AuN3-2. The maximum Gasteiger partial charge on any atom is 0.0461 e. The van der Waals surface area contributed by atoms with Crippen LogP contribution in [-0.4, -0.2) is 9.97 Å². The number of rotatable bonds is 5. The van der Waals surface area contributed by atoms with Crippen LogP contribution in [0.4, 0.5) is 17.1 Å². The summed E-state index contributed by atoms with van der Waals surface area (Å²) in [5.41, 5.74) is 7.87. The van der Waals surface area contributed by atoms with E-state index >= 15 is 0 Å². The van der Waals surface area contributed by atoms with Crippen LogP contribution in [0.5, 0.6) is 0 Å². The zero-order chi connectivity index (χ0) is 26.7. The van der Waals surface area contributed by atoms with Crippen molar-refractivity contribution in [3.63, 3.8) is 0 Å². The molecule has 0 saturated heterocycles. The summed E-state index contributed by atoms with van der Waals surface area (Å²) in [5.74, 6) is 2.40. The smallest absolute Gasteiger partial charge is 0.0461 e. The molecule has 0 unspecified atom stereocenters. The fraction of sp³-hybridized carbons (Fsp3) is 0. The van der Waals surface area contributed by atoms with Gasteiger partial charge in [-0.05, 0) is 36.4 Å². The van der Waals surface area contributed by atoms with Crippen LogP contribution in [0.25, 0.3) is 22.5 Å². The van der Waals surface area contributed by atoms with Crippen LogP contribution in [0.2, 0.25) is 0 Å². The Morgan fingerprint density at radius 2 is 0.950 bits per heavy atom. The van der Waals surface area contributed by atoms with E-state index in [9.17, 15) is 0 Å². The van der Waals surface area contributed by atoms with Gasteiger partial charge in [0, 0.05) is 63.2 Å². The van der Waals surface area contributed by atoms with Crippen molar-refractivity contribution in [2.45, 2.75) is 0 Å². The van der Waals surface area contributed by atoms with Crippen molar-refractivity contribution in [2.75, 3.05) is 4.90 Å². The summed E-state index contributed by atoms with van der Waals surface area (Å²) in [4.78, 5) is 10.9. The first-order chi connectivity index (χ1) is 19.3. The summed E-state index contributed by atoms with van der Waals surface area (Å²) < 4.78 is 0. The number of hydrogen-bond acceptors (Lipinski definition) is 3. The monoisotopic (exact) mass is 696 g/mol. The van der Waals surface area contributed by atoms with Crippen molar-refractivity contribution >= 4 is 17.1 Å². The van der Waals surface area contributed by atoms with Crippen LogP contribution in [0.3, 0.4) is 0 Å². The number of anilines is 3. The van der Waals surface area contributed by atoms with Crippen molar-refractivity contribution in [1.82, 2.24) is 9.97 Å². The first-order valence-electron chi connectivity index (χ1n) is 12.6. The van der Waals surface area contributed by atoms with E-state index in [0.717, 1.165) is 45.1 Å². The van der Waals surface area contributed by atoms with Gasteiger partial charge in [-0.2, -0.15) is 0 Å². The molecule has 0 N–H and O–H groups in total. The topological polar surface area (TPSA) is 29.0 Å². The van der Waals surface area contributed by atoms with E-state index in [0.29, 0.717) is 0 Å². The van der Waals surface area contributed by atoms with E-state index in [2.05, 4.69) is 51.1 Å². The average molecular weight is 697 g/mol. The van der Waals surface area contributed by atoms with Crippen LogP contribution < -0.4 is 4.90 Å². The summed E-state index contributed by atoms with van der Waals surface area (Å²) >= 11 is 0. The van der Waals surface area contributed by atoms with Gasteiger partial charge in [-0.15, -0.1) is 42.0 Å². The molecule has 40 heavy (non-hydrogen) atoms. The summed E-state index contributed by atoms with van der Waals surface area (Å²) in [5, 5.41) is 0. The van der Waals surface area contributed by atoms with Gasteiger partial charge < -0.3 is 11.3 Å². The van der Waals surface area contributed by atoms with Gasteiger partial charge in [0.05, 0.1) is 0 Å². The van der Waals surface area contributed by atoms with Gasteiger partial charge in [-0.25, -0.2) is 0 Å². The largest absolute Gasteiger partial charge is 0.366 e. The van der Waals surface area contributed by atoms with Gasteiger partial charge in [0.15, 0.2) is 0 Å². The molecule has 0 spiro atoms. The molecule has 6 rings (SSSR count). The number of para-hydroxylation sites is 2. The Labute approximate surface area is 251 Å². The van der Waals surface area contributed by atoms with E-state index in [1.54, 1.807) is 12.4 Å². The molecule has 0 atom stereocenters. The third-order valence-electron chi connectivity index (χ3n) is 5.98. The maximum atomic E-state index is 7.19. The van der Waals surface area contributed by atoms with Crippen molar-refractivity contribution in [1.29, 1.82) is 0 Å². The Hall–Kier alpha value is -4.72. The molecule has 0 aliphatic heterocycles. The second-order valence-electron chi connectivity index (χ2n) is 8.59. The first-order valence-corrected chi connectivity index (χ1v) is 12.6. The standard InChI is InChI=1S/C20H14N.C16H11N2.Au/c1-2-17-13-15-20(16-14-17)21(18-9-5-3-6-10-18)19-11-7-4-8-12-19;1-3-10-17-15(8-1)13-6-5-7-14(12-13)16-9-2-4-11-18-16;/h3-16H;1-11H;/q2*-1;. The molecule has 0 saturated carbocycles. The SMILES string of the molecule is [Au].[C-]#Cc1ccc(N(c2ccccc2)c2ccccc2)cc1.[c-]1c(-c2ccccn2)cccc1-c1ccccn1. The predicted octanol–water partition coefficient (Wildman–Crippen LogP) is 8.70.